The van der Waals surface area contributed by atoms with Gasteiger partial charge in [-0.25, -0.2) is 0 Å². The summed E-state index contributed by atoms with van der Waals surface area (Å²) in [6.45, 7) is 2.98. The molecule has 0 heterocycles. The van der Waals surface area contributed by atoms with E-state index in [0.29, 0.717) is 0 Å². The lowest BCUT2D eigenvalue weighted by molar-refractivity contribution is -0.134. The number of hydrogen-bond acceptors (Lipinski definition) is 2. The van der Waals surface area contributed by atoms with Gasteiger partial charge in [0.1, 0.15) is 0 Å². The van der Waals surface area contributed by atoms with Crippen molar-refractivity contribution in [2.75, 3.05) is 6.54 Å². The summed E-state index contributed by atoms with van der Waals surface area (Å²) in [7, 11) is 0. The van der Waals surface area contributed by atoms with Crippen molar-refractivity contribution in [2.45, 2.75) is 23.7 Å². The van der Waals surface area contributed by atoms with Gasteiger partial charge in [0, 0.05) is 0 Å². The van der Waals surface area contributed by atoms with E-state index in [1.807, 2.05) is 0 Å². The Morgan fingerprint density at radius 2 is 2.33 bits per heavy atom. The Kier molecular flexibility index (Phi) is 12.7. The van der Waals surface area contributed by atoms with Gasteiger partial charge < -0.3 is 10.8 Å². The van der Waals surface area contributed by atoms with Crippen LogP contribution in [0.1, 0.15) is 19.8 Å². The van der Waals surface area contributed by atoms with Crippen molar-refractivity contribution in [2.24, 2.45) is 5.73 Å². The smallest absolute Gasteiger partial charge is 0.328 e. The minimum absolute atomic E-state index is 0.683. The van der Waals surface area contributed by atoms with E-state index in [9.17, 15) is 4.79 Å². The molecular formula is C8H14INO2. The van der Waals surface area contributed by atoms with Gasteiger partial charge in [0.05, 0.1) is 0 Å². The lowest BCUT2D eigenvalue weighted by Gasteiger charge is -1.87. The van der Waals surface area contributed by atoms with E-state index >= 15 is 0 Å². The summed E-state index contributed by atoms with van der Waals surface area (Å²) in [5.74, 6) is 1.10. The number of carboxylic acid groups (broad SMARTS) is 1. The maximum atomic E-state index is 9.78. The minimum Gasteiger partial charge on any atom is -0.480 e. The lowest BCUT2D eigenvalue weighted by Crippen LogP contribution is -2.08. The standard InChI is InChI=1S/C4H3IO2.C4H11N/c1-2-3(5)4(6)7;1-2-3-4-5/h1,3H,(H,6,7);2-5H2,1H3. The van der Waals surface area contributed by atoms with Crippen LogP contribution in [0.4, 0.5) is 0 Å². The molecule has 0 saturated heterocycles. The third kappa shape index (κ3) is 12.4. The molecule has 3 N–H and O–H groups in total. The zero-order chi connectivity index (χ0) is 9.98. The van der Waals surface area contributed by atoms with Gasteiger partial charge in [0.2, 0.25) is 0 Å². The molecule has 12 heavy (non-hydrogen) atoms. The monoisotopic (exact) mass is 283 g/mol. The van der Waals surface area contributed by atoms with E-state index in [-0.39, 0.29) is 0 Å². The number of halogens is 1. The van der Waals surface area contributed by atoms with Crippen LogP contribution in [0.5, 0.6) is 0 Å². The predicted octanol–water partition coefficient (Wildman–Crippen LogP) is 1.25. The number of unbranched alkanes of at least 4 members (excludes halogenated alkanes) is 1. The topological polar surface area (TPSA) is 63.3 Å². The van der Waals surface area contributed by atoms with Gasteiger partial charge in [-0.1, -0.05) is 41.9 Å². The molecule has 0 aliphatic heterocycles. The molecule has 0 aromatic carbocycles. The van der Waals surface area contributed by atoms with Crippen molar-refractivity contribution in [3.63, 3.8) is 0 Å². The molecule has 0 aliphatic carbocycles. The number of rotatable bonds is 3. The number of hydrogen-bond donors (Lipinski definition) is 2. The first-order valence-electron chi connectivity index (χ1n) is 3.63. The van der Waals surface area contributed by atoms with Gasteiger partial charge in [-0.15, -0.1) is 6.42 Å². The van der Waals surface area contributed by atoms with Crippen molar-refractivity contribution >= 4 is 28.6 Å². The van der Waals surface area contributed by atoms with E-state index in [4.69, 9.17) is 17.3 Å². The molecule has 3 nitrogen and oxygen atoms in total. The van der Waals surface area contributed by atoms with E-state index in [1.54, 1.807) is 22.6 Å². The molecule has 4 heteroatoms. The Hall–Kier alpha value is -0.280. The fourth-order valence-electron chi connectivity index (χ4n) is 0.275. The number of carboxylic acids is 1. The Labute approximate surface area is 86.9 Å². The molecule has 0 aliphatic rings. The second-order valence-corrected chi connectivity index (χ2v) is 3.26. The van der Waals surface area contributed by atoms with Crippen LogP contribution >= 0.6 is 22.6 Å². The van der Waals surface area contributed by atoms with E-state index < -0.39 is 9.89 Å². The molecule has 0 rings (SSSR count). The second kappa shape index (κ2) is 10.7. The highest BCUT2D eigenvalue weighted by Gasteiger charge is 2.05. The van der Waals surface area contributed by atoms with Crippen LogP contribution in [0.15, 0.2) is 0 Å². The Morgan fingerprint density at radius 3 is 2.33 bits per heavy atom. The predicted molar refractivity (Wildman–Crippen MR) is 58.2 cm³/mol. The normalized spacial score (nSPS) is 10.5. The van der Waals surface area contributed by atoms with Crippen molar-refractivity contribution in [3.8, 4) is 12.3 Å². The Morgan fingerprint density at radius 1 is 1.83 bits per heavy atom. The highest BCUT2D eigenvalue weighted by Crippen LogP contribution is 1.95. The summed E-state index contributed by atoms with van der Waals surface area (Å²) in [5.41, 5.74) is 5.14. The van der Waals surface area contributed by atoms with Crippen molar-refractivity contribution in [1.82, 2.24) is 0 Å². The summed E-state index contributed by atoms with van der Waals surface area (Å²) >= 11 is 1.66. The molecule has 0 spiro atoms. The van der Waals surface area contributed by atoms with Gasteiger partial charge >= 0.3 is 5.97 Å². The van der Waals surface area contributed by atoms with Crippen LogP contribution in [0, 0.1) is 12.3 Å². The molecule has 70 valence electrons. The van der Waals surface area contributed by atoms with E-state index in [0.717, 1.165) is 6.54 Å². The second-order valence-electron chi connectivity index (χ2n) is 2.01. The largest absolute Gasteiger partial charge is 0.480 e. The lowest BCUT2D eigenvalue weighted by atomic mass is 10.3. The molecule has 0 aromatic rings. The third-order valence-electron chi connectivity index (χ3n) is 0.921. The molecule has 0 radical (unpaired) electrons. The summed E-state index contributed by atoms with van der Waals surface area (Å²) in [6.07, 6.45) is 7.12. The SMILES string of the molecule is C#CC(I)C(=O)O.CCCCN. The Balaban J connectivity index is 0. The van der Waals surface area contributed by atoms with Gasteiger partial charge in [-0.2, -0.15) is 0 Å². The summed E-state index contributed by atoms with van der Waals surface area (Å²) in [5, 5.41) is 8.03. The average molecular weight is 283 g/mol. The van der Waals surface area contributed by atoms with Crippen molar-refractivity contribution in [1.29, 1.82) is 0 Å². The number of alkyl halides is 1. The maximum Gasteiger partial charge on any atom is 0.328 e. The van der Waals surface area contributed by atoms with Gasteiger partial charge in [0.15, 0.2) is 3.92 Å². The molecule has 1 atom stereocenters. The van der Waals surface area contributed by atoms with Crippen LogP contribution in [0.2, 0.25) is 0 Å². The molecule has 0 amide bonds. The first-order valence-corrected chi connectivity index (χ1v) is 4.87. The van der Waals surface area contributed by atoms with Gasteiger partial charge in [-0.05, 0) is 13.0 Å². The summed E-state index contributed by atoms with van der Waals surface area (Å²) in [4.78, 5) is 9.78. The first-order chi connectivity index (χ1) is 5.59. The Bertz CT molecular complexity index is 152. The van der Waals surface area contributed by atoms with Crippen molar-refractivity contribution < 1.29 is 9.90 Å². The zero-order valence-corrected chi connectivity index (χ0v) is 9.24. The van der Waals surface area contributed by atoms with Crippen LogP contribution in [-0.4, -0.2) is 21.5 Å². The number of carbonyl (C=O) groups is 1. The minimum atomic E-state index is -0.955. The van der Waals surface area contributed by atoms with Crippen LogP contribution in [0.3, 0.4) is 0 Å². The highest BCUT2D eigenvalue weighted by molar-refractivity contribution is 14.1. The third-order valence-corrected chi connectivity index (χ3v) is 1.81. The molecule has 0 fully saturated rings. The summed E-state index contributed by atoms with van der Waals surface area (Å²) in [6, 6.07) is 0. The first kappa shape index (κ1) is 14.3. The zero-order valence-electron chi connectivity index (χ0n) is 7.09. The fraction of sp³-hybridized carbons (Fsp3) is 0.625. The molecule has 0 aromatic heterocycles. The number of aliphatic carboxylic acids is 1. The summed E-state index contributed by atoms with van der Waals surface area (Å²) < 4.78 is -0.683. The molecular weight excluding hydrogens is 269 g/mol. The fourth-order valence-corrected chi connectivity index (χ4v) is 0.275. The number of terminal acetylenes is 1. The highest BCUT2D eigenvalue weighted by atomic mass is 127. The quantitative estimate of drug-likeness (QED) is 0.465. The van der Waals surface area contributed by atoms with Gasteiger partial charge in [0.25, 0.3) is 0 Å². The van der Waals surface area contributed by atoms with Crippen LogP contribution in [-0.2, 0) is 4.79 Å². The molecule has 0 saturated carbocycles. The van der Waals surface area contributed by atoms with E-state index in [2.05, 4.69) is 12.8 Å². The molecule has 0 bridgehead atoms. The number of nitrogens with two attached hydrogens (primary N) is 1. The van der Waals surface area contributed by atoms with Crippen molar-refractivity contribution in [3.05, 3.63) is 0 Å². The average Bonchev–Trinajstić information content (AvgIpc) is 2.05. The maximum absolute atomic E-state index is 9.78. The van der Waals surface area contributed by atoms with Crippen LogP contribution < -0.4 is 5.73 Å². The van der Waals surface area contributed by atoms with Gasteiger partial charge in [-0.3, -0.25) is 4.79 Å². The van der Waals surface area contributed by atoms with E-state index in [1.165, 1.54) is 12.8 Å². The van der Waals surface area contributed by atoms with Crippen LogP contribution in [0.25, 0.3) is 0 Å². The molecule has 1 unspecified atom stereocenters.